The van der Waals surface area contributed by atoms with Crippen LogP contribution in [0, 0.1) is 6.92 Å². The summed E-state index contributed by atoms with van der Waals surface area (Å²) in [6, 6.07) is 7.90. The van der Waals surface area contributed by atoms with Gasteiger partial charge in [0.15, 0.2) is 5.76 Å². The zero-order chi connectivity index (χ0) is 15.1. The molecule has 1 aromatic rings. The van der Waals surface area contributed by atoms with Crippen LogP contribution in [0.3, 0.4) is 0 Å². The van der Waals surface area contributed by atoms with Crippen LogP contribution in [0.5, 0.6) is 5.75 Å². The monoisotopic (exact) mass is 289 g/mol. The van der Waals surface area contributed by atoms with Crippen molar-refractivity contribution in [1.29, 1.82) is 0 Å². The summed E-state index contributed by atoms with van der Waals surface area (Å²) in [7, 11) is 0. The van der Waals surface area contributed by atoms with Gasteiger partial charge in [0, 0.05) is 0 Å². The summed E-state index contributed by atoms with van der Waals surface area (Å²) in [5.74, 6) is 1.15. The Morgan fingerprint density at radius 1 is 1.43 bits per heavy atom. The Morgan fingerprint density at radius 2 is 2.24 bits per heavy atom. The van der Waals surface area contributed by atoms with Crippen molar-refractivity contribution < 1.29 is 14.3 Å². The Labute approximate surface area is 126 Å². The van der Waals surface area contributed by atoms with Crippen molar-refractivity contribution in [3.63, 3.8) is 0 Å². The second-order valence-corrected chi connectivity index (χ2v) is 5.18. The molecule has 21 heavy (non-hydrogen) atoms. The first kappa shape index (κ1) is 15.4. The molecule has 1 aliphatic rings. The SMILES string of the molecule is CCC(CNC(=O)C1=CCCCO1)Oc1ccccc1C. The van der Waals surface area contributed by atoms with Crippen LogP contribution >= 0.6 is 0 Å². The average molecular weight is 289 g/mol. The van der Waals surface area contributed by atoms with Crippen LogP contribution in [0.15, 0.2) is 36.1 Å². The summed E-state index contributed by atoms with van der Waals surface area (Å²) >= 11 is 0. The van der Waals surface area contributed by atoms with Gasteiger partial charge in [-0.25, -0.2) is 0 Å². The Bertz CT molecular complexity index is 511. The van der Waals surface area contributed by atoms with Crippen molar-refractivity contribution in [1.82, 2.24) is 5.32 Å². The minimum Gasteiger partial charge on any atom is -0.488 e. The minimum atomic E-state index is -0.151. The third-order valence-electron chi connectivity index (χ3n) is 3.49. The summed E-state index contributed by atoms with van der Waals surface area (Å²) in [5, 5.41) is 2.89. The number of aryl methyl sites for hydroxylation is 1. The van der Waals surface area contributed by atoms with E-state index >= 15 is 0 Å². The van der Waals surface area contributed by atoms with Gasteiger partial charge in [-0.3, -0.25) is 4.79 Å². The first-order valence-electron chi connectivity index (χ1n) is 7.54. The van der Waals surface area contributed by atoms with Crippen molar-refractivity contribution in [3.8, 4) is 5.75 Å². The fraction of sp³-hybridized carbons (Fsp3) is 0.471. The number of hydrogen-bond donors (Lipinski definition) is 1. The van der Waals surface area contributed by atoms with Crippen molar-refractivity contribution in [3.05, 3.63) is 41.7 Å². The number of para-hydroxylation sites is 1. The van der Waals surface area contributed by atoms with E-state index in [2.05, 4.69) is 5.32 Å². The fourth-order valence-electron chi connectivity index (χ4n) is 2.15. The predicted octanol–water partition coefficient (Wildman–Crippen LogP) is 2.96. The predicted molar refractivity (Wildman–Crippen MR) is 82.2 cm³/mol. The highest BCUT2D eigenvalue weighted by Crippen LogP contribution is 2.18. The van der Waals surface area contributed by atoms with Gasteiger partial charge in [-0.15, -0.1) is 0 Å². The highest BCUT2D eigenvalue weighted by molar-refractivity contribution is 5.91. The standard InChI is InChI=1S/C17H23NO3/c1-3-14(21-15-9-5-4-8-13(15)2)12-18-17(19)16-10-6-7-11-20-16/h4-5,8-10,14H,3,6-7,11-12H2,1-2H3,(H,18,19). The van der Waals surface area contributed by atoms with Crippen LogP contribution in [0.2, 0.25) is 0 Å². The first-order valence-corrected chi connectivity index (χ1v) is 7.54. The van der Waals surface area contributed by atoms with Crippen LogP contribution in [0.4, 0.5) is 0 Å². The molecule has 1 N–H and O–H groups in total. The maximum Gasteiger partial charge on any atom is 0.286 e. The molecule has 1 atom stereocenters. The Hall–Kier alpha value is -1.97. The molecule has 1 aromatic carbocycles. The van der Waals surface area contributed by atoms with E-state index < -0.39 is 0 Å². The zero-order valence-corrected chi connectivity index (χ0v) is 12.7. The largest absolute Gasteiger partial charge is 0.488 e. The molecule has 2 rings (SSSR count). The molecule has 0 bridgehead atoms. The van der Waals surface area contributed by atoms with Gasteiger partial charge in [0.25, 0.3) is 5.91 Å². The Kier molecular flexibility index (Phi) is 5.67. The maximum atomic E-state index is 12.0. The third kappa shape index (κ3) is 4.52. The van der Waals surface area contributed by atoms with Gasteiger partial charge in [0.1, 0.15) is 11.9 Å². The summed E-state index contributed by atoms with van der Waals surface area (Å²) in [6.07, 6.45) is 4.51. The number of carbonyl (C=O) groups is 1. The molecular formula is C17H23NO3. The van der Waals surface area contributed by atoms with Crippen molar-refractivity contribution >= 4 is 5.91 Å². The lowest BCUT2D eigenvalue weighted by Crippen LogP contribution is -2.36. The summed E-state index contributed by atoms with van der Waals surface area (Å²) < 4.78 is 11.3. The van der Waals surface area contributed by atoms with Gasteiger partial charge in [-0.1, -0.05) is 25.1 Å². The normalized spacial score (nSPS) is 15.6. The molecule has 1 aliphatic heterocycles. The number of nitrogens with one attached hydrogen (secondary N) is 1. The van der Waals surface area contributed by atoms with E-state index in [1.165, 1.54) is 0 Å². The third-order valence-corrected chi connectivity index (χ3v) is 3.49. The number of ether oxygens (including phenoxy) is 2. The molecule has 1 unspecified atom stereocenters. The number of allylic oxidation sites excluding steroid dienone is 1. The average Bonchev–Trinajstić information content (AvgIpc) is 2.53. The molecule has 0 radical (unpaired) electrons. The van der Waals surface area contributed by atoms with E-state index in [-0.39, 0.29) is 12.0 Å². The lowest BCUT2D eigenvalue weighted by atomic mass is 10.2. The van der Waals surface area contributed by atoms with E-state index in [1.807, 2.05) is 44.2 Å². The second-order valence-electron chi connectivity index (χ2n) is 5.18. The molecule has 0 aromatic heterocycles. The van der Waals surface area contributed by atoms with E-state index in [4.69, 9.17) is 9.47 Å². The lowest BCUT2D eigenvalue weighted by molar-refractivity contribution is -0.121. The van der Waals surface area contributed by atoms with Gasteiger partial charge >= 0.3 is 0 Å². The van der Waals surface area contributed by atoms with Gasteiger partial charge < -0.3 is 14.8 Å². The minimum absolute atomic E-state index is 0.0424. The quantitative estimate of drug-likeness (QED) is 0.876. The number of amides is 1. The molecule has 114 valence electrons. The second kappa shape index (κ2) is 7.72. The highest BCUT2D eigenvalue weighted by Gasteiger charge is 2.16. The fourth-order valence-corrected chi connectivity index (χ4v) is 2.15. The molecule has 1 amide bonds. The maximum absolute atomic E-state index is 12.0. The summed E-state index contributed by atoms with van der Waals surface area (Å²) in [5.41, 5.74) is 1.10. The van der Waals surface area contributed by atoms with Gasteiger partial charge in [0.05, 0.1) is 13.2 Å². The molecule has 1 heterocycles. The molecular weight excluding hydrogens is 266 g/mol. The van der Waals surface area contributed by atoms with Crippen LogP contribution < -0.4 is 10.1 Å². The molecule has 4 heteroatoms. The number of carbonyl (C=O) groups excluding carboxylic acids is 1. The molecule has 0 spiro atoms. The van der Waals surface area contributed by atoms with Gasteiger partial charge in [-0.05, 0) is 43.9 Å². The summed E-state index contributed by atoms with van der Waals surface area (Å²) in [6.45, 7) is 5.16. The lowest BCUT2D eigenvalue weighted by Gasteiger charge is -2.20. The Balaban J connectivity index is 1.86. The van der Waals surface area contributed by atoms with Gasteiger partial charge in [0.2, 0.25) is 0 Å². The summed E-state index contributed by atoms with van der Waals surface area (Å²) in [4.78, 5) is 12.0. The molecule has 0 saturated carbocycles. The van der Waals surface area contributed by atoms with E-state index in [0.717, 1.165) is 30.6 Å². The molecule has 0 fully saturated rings. The van der Waals surface area contributed by atoms with Crippen LogP contribution in [0.1, 0.15) is 31.7 Å². The van der Waals surface area contributed by atoms with E-state index in [1.54, 1.807) is 0 Å². The highest BCUT2D eigenvalue weighted by atomic mass is 16.5. The van der Waals surface area contributed by atoms with Crippen molar-refractivity contribution in [2.75, 3.05) is 13.2 Å². The van der Waals surface area contributed by atoms with E-state index in [0.29, 0.717) is 18.9 Å². The number of benzene rings is 1. The molecule has 0 saturated heterocycles. The zero-order valence-electron chi connectivity index (χ0n) is 12.7. The first-order chi connectivity index (χ1) is 10.2. The smallest absolute Gasteiger partial charge is 0.286 e. The van der Waals surface area contributed by atoms with Crippen molar-refractivity contribution in [2.24, 2.45) is 0 Å². The molecule has 0 aliphatic carbocycles. The Morgan fingerprint density at radius 3 is 2.90 bits per heavy atom. The van der Waals surface area contributed by atoms with E-state index in [9.17, 15) is 4.79 Å². The molecule has 4 nitrogen and oxygen atoms in total. The van der Waals surface area contributed by atoms with Crippen molar-refractivity contribution in [2.45, 2.75) is 39.2 Å². The van der Waals surface area contributed by atoms with Gasteiger partial charge in [-0.2, -0.15) is 0 Å². The number of hydrogen-bond acceptors (Lipinski definition) is 3. The van der Waals surface area contributed by atoms with Crippen LogP contribution in [-0.2, 0) is 9.53 Å². The topological polar surface area (TPSA) is 47.6 Å². The number of rotatable bonds is 6. The van der Waals surface area contributed by atoms with Crippen LogP contribution in [0.25, 0.3) is 0 Å². The van der Waals surface area contributed by atoms with Crippen LogP contribution in [-0.4, -0.2) is 25.2 Å².